The summed E-state index contributed by atoms with van der Waals surface area (Å²) in [6.07, 6.45) is 2.13. The molecule has 5 heteroatoms. The molecule has 0 spiro atoms. The molecule has 1 atom stereocenters. The first kappa shape index (κ1) is 18.0. The van der Waals surface area contributed by atoms with Crippen LogP contribution in [0.2, 0.25) is 0 Å². The maximum atomic E-state index is 12.2. The van der Waals surface area contributed by atoms with Gasteiger partial charge in [0, 0.05) is 5.56 Å². The van der Waals surface area contributed by atoms with Gasteiger partial charge in [-0.1, -0.05) is 43.7 Å². The lowest BCUT2D eigenvalue weighted by Gasteiger charge is -2.06. The third-order valence-corrected chi connectivity index (χ3v) is 4.01. The lowest BCUT2D eigenvalue weighted by Crippen LogP contribution is -2.22. The van der Waals surface area contributed by atoms with Crippen LogP contribution in [0.3, 0.4) is 0 Å². The van der Waals surface area contributed by atoms with Gasteiger partial charge in [-0.05, 0) is 36.2 Å². The van der Waals surface area contributed by atoms with E-state index in [0.29, 0.717) is 12.5 Å². The normalized spacial score (nSPS) is 15.9. The first-order valence-corrected chi connectivity index (χ1v) is 8.90. The second-order valence-corrected chi connectivity index (χ2v) is 6.08. The summed E-state index contributed by atoms with van der Waals surface area (Å²) >= 11 is 0. The molecule has 0 aliphatic carbocycles. The van der Waals surface area contributed by atoms with Crippen LogP contribution < -0.4 is 4.74 Å². The molecule has 0 radical (unpaired) electrons. The van der Waals surface area contributed by atoms with Crippen molar-refractivity contribution in [3.63, 3.8) is 0 Å². The van der Waals surface area contributed by atoms with Gasteiger partial charge in [0.15, 0.2) is 6.04 Å². The van der Waals surface area contributed by atoms with E-state index >= 15 is 0 Å². The van der Waals surface area contributed by atoms with E-state index in [1.54, 1.807) is 0 Å². The zero-order chi connectivity index (χ0) is 18.2. The van der Waals surface area contributed by atoms with Crippen LogP contribution in [0.5, 0.6) is 5.75 Å². The molecule has 0 N–H and O–H groups in total. The van der Waals surface area contributed by atoms with Crippen molar-refractivity contribution in [2.45, 2.75) is 32.4 Å². The van der Waals surface area contributed by atoms with Crippen LogP contribution in [-0.2, 0) is 20.9 Å². The number of aliphatic imine (C=N–C) groups is 1. The Bertz CT molecular complexity index is 740. The smallest absolute Gasteiger partial charge is 0.334 e. The van der Waals surface area contributed by atoms with Crippen LogP contribution in [0, 0.1) is 0 Å². The Balaban J connectivity index is 1.54. The van der Waals surface area contributed by atoms with Crippen LogP contribution in [-0.4, -0.2) is 31.1 Å². The van der Waals surface area contributed by atoms with Crippen LogP contribution in [0.15, 0.2) is 59.6 Å². The fourth-order valence-electron chi connectivity index (χ4n) is 2.51. The Morgan fingerprint density at radius 1 is 1.15 bits per heavy atom. The third kappa shape index (κ3) is 4.85. The summed E-state index contributed by atoms with van der Waals surface area (Å²) in [7, 11) is 0. The van der Waals surface area contributed by atoms with E-state index < -0.39 is 6.04 Å². The first-order chi connectivity index (χ1) is 12.8. The summed E-state index contributed by atoms with van der Waals surface area (Å²) < 4.78 is 16.5. The van der Waals surface area contributed by atoms with E-state index in [0.717, 1.165) is 29.7 Å². The summed E-state index contributed by atoms with van der Waals surface area (Å²) in [4.78, 5) is 16.5. The maximum absolute atomic E-state index is 12.2. The van der Waals surface area contributed by atoms with Crippen LogP contribution in [0.1, 0.15) is 30.9 Å². The number of unbranched alkanes of at least 4 members (excludes halogenated alkanes) is 1. The third-order valence-electron chi connectivity index (χ3n) is 4.01. The maximum Gasteiger partial charge on any atom is 0.334 e. The number of ether oxygens (including phenoxy) is 3. The number of rotatable bonds is 8. The minimum Gasteiger partial charge on any atom is -0.494 e. The largest absolute Gasteiger partial charge is 0.494 e. The number of carbonyl (C=O) groups excluding carboxylic acids is 1. The van der Waals surface area contributed by atoms with E-state index in [1.807, 2.05) is 54.6 Å². The van der Waals surface area contributed by atoms with Gasteiger partial charge in [0.25, 0.3) is 0 Å². The minimum absolute atomic E-state index is 0.206. The van der Waals surface area contributed by atoms with Gasteiger partial charge in [-0.25, -0.2) is 9.79 Å². The van der Waals surface area contributed by atoms with Gasteiger partial charge in [0.2, 0.25) is 5.90 Å². The number of hydrogen-bond donors (Lipinski definition) is 0. The summed E-state index contributed by atoms with van der Waals surface area (Å²) in [5.41, 5.74) is 1.77. The van der Waals surface area contributed by atoms with E-state index in [-0.39, 0.29) is 19.2 Å². The average molecular weight is 353 g/mol. The molecule has 1 aliphatic heterocycles. The predicted octanol–water partition coefficient (Wildman–Crippen LogP) is 3.75. The molecule has 0 fully saturated rings. The lowest BCUT2D eigenvalue weighted by atomic mass is 10.2. The van der Waals surface area contributed by atoms with Crippen molar-refractivity contribution in [2.24, 2.45) is 4.99 Å². The van der Waals surface area contributed by atoms with Crippen molar-refractivity contribution in [1.29, 1.82) is 0 Å². The average Bonchev–Trinajstić information content (AvgIpc) is 3.18. The fraction of sp³-hybridized carbons (Fsp3) is 0.333. The molecular weight excluding hydrogens is 330 g/mol. The molecule has 0 saturated heterocycles. The highest BCUT2D eigenvalue weighted by Gasteiger charge is 2.28. The molecule has 0 saturated carbocycles. The second kappa shape index (κ2) is 9.04. The Hall–Kier alpha value is -2.82. The van der Waals surface area contributed by atoms with Crippen molar-refractivity contribution in [3.8, 4) is 5.75 Å². The number of hydrogen-bond acceptors (Lipinski definition) is 5. The Morgan fingerprint density at radius 3 is 2.65 bits per heavy atom. The van der Waals surface area contributed by atoms with Gasteiger partial charge in [0.05, 0.1) is 6.61 Å². The van der Waals surface area contributed by atoms with Gasteiger partial charge < -0.3 is 14.2 Å². The zero-order valence-electron chi connectivity index (χ0n) is 14.9. The minimum atomic E-state index is -0.616. The first-order valence-electron chi connectivity index (χ1n) is 8.90. The lowest BCUT2D eigenvalue weighted by molar-refractivity contribution is -0.146. The molecule has 136 valence electrons. The molecule has 0 amide bonds. The highest BCUT2D eigenvalue weighted by Crippen LogP contribution is 2.18. The summed E-state index contributed by atoms with van der Waals surface area (Å²) in [6, 6.07) is 16.5. The van der Waals surface area contributed by atoms with Gasteiger partial charge in [-0.15, -0.1) is 0 Å². The van der Waals surface area contributed by atoms with E-state index in [9.17, 15) is 4.79 Å². The van der Waals surface area contributed by atoms with Crippen LogP contribution >= 0.6 is 0 Å². The molecule has 1 heterocycles. The van der Waals surface area contributed by atoms with Crippen molar-refractivity contribution in [3.05, 3.63) is 65.7 Å². The molecule has 26 heavy (non-hydrogen) atoms. The summed E-state index contributed by atoms with van der Waals surface area (Å²) in [5, 5.41) is 0. The zero-order valence-corrected chi connectivity index (χ0v) is 14.9. The monoisotopic (exact) mass is 353 g/mol. The Morgan fingerprint density at radius 2 is 1.92 bits per heavy atom. The molecule has 2 aromatic carbocycles. The summed E-state index contributed by atoms with van der Waals surface area (Å²) in [5.74, 6) is 0.912. The Labute approximate surface area is 153 Å². The van der Waals surface area contributed by atoms with Crippen molar-refractivity contribution >= 4 is 11.9 Å². The molecule has 5 nitrogen and oxygen atoms in total. The molecule has 0 bridgehead atoms. The molecule has 2 aromatic rings. The number of benzene rings is 2. The summed E-state index contributed by atoms with van der Waals surface area (Å²) in [6.45, 7) is 3.29. The van der Waals surface area contributed by atoms with Crippen molar-refractivity contribution < 1.29 is 19.0 Å². The van der Waals surface area contributed by atoms with Gasteiger partial charge in [-0.2, -0.15) is 0 Å². The number of nitrogens with zero attached hydrogens (tertiary/aromatic N) is 1. The van der Waals surface area contributed by atoms with Gasteiger partial charge in [0.1, 0.15) is 19.0 Å². The van der Waals surface area contributed by atoms with Crippen LogP contribution in [0.4, 0.5) is 0 Å². The number of esters is 1. The van der Waals surface area contributed by atoms with Crippen molar-refractivity contribution in [1.82, 2.24) is 0 Å². The SMILES string of the molecule is CCCCOc1ccc(C2=N[C@H](C(=O)OCc3ccccc3)CO2)cc1. The van der Waals surface area contributed by atoms with Crippen molar-refractivity contribution in [2.75, 3.05) is 13.2 Å². The highest BCUT2D eigenvalue weighted by atomic mass is 16.5. The van der Waals surface area contributed by atoms with E-state index in [1.165, 1.54) is 0 Å². The predicted molar refractivity (Wildman–Crippen MR) is 99.4 cm³/mol. The van der Waals surface area contributed by atoms with Gasteiger partial charge >= 0.3 is 5.97 Å². The quantitative estimate of drug-likeness (QED) is 0.536. The molecule has 1 aliphatic rings. The topological polar surface area (TPSA) is 57.1 Å². The Kier molecular flexibility index (Phi) is 6.25. The number of carbonyl (C=O) groups is 1. The van der Waals surface area contributed by atoms with Gasteiger partial charge in [-0.3, -0.25) is 0 Å². The molecule has 3 rings (SSSR count). The standard InChI is InChI=1S/C21H23NO4/c1-2-3-13-24-18-11-9-17(10-12-18)20-22-19(15-25-20)21(23)26-14-16-7-5-4-6-8-16/h4-12,19H,2-3,13-15H2,1H3/t19-/m0/s1. The molecule has 0 unspecified atom stereocenters. The molecule has 0 aromatic heterocycles. The van der Waals surface area contributed by atoms with Crippen LogP contribution in [0.25, 0.3) is 0 Å². The van der Waals surface area contributed by atoms with E-state index in [2.05, 4.69) is 11.9 Å². The fourth-order valence-corrected chi connectivity index (χ4v) is 2.51. The highest BCUT2D eigenvalue weighted by molar-refractivity contribution is 5.97. The second-order valence-electron chi connectivity index (χ2n) is 6.08. The van der Waals surface area contributed by atoms with E-state index in [4.69, 9.17) is 14.2 Å². The molecular formula is C21H23NO4.